The quantitative estimate of drug-likeness (QED) is 0.253. The number of hydrogen-bond donors (Lipinski definition) is 1. The number of nitrogens with zero attached hydrogens (tertiary/aromatic N) is 3. The molecule has 2 heterocycles. The normalized spacial score (nSPS) is 14.7. The molecule has 1 aliphatic heterocycles. The third-order valence-electron chi connectivity index (χ3n) is 7.37. The average molecular weight is 601 g/mol. The van der Waals surface area contributed by atoms with E-state index in [1.165, 1.54) is 11.8 Å². The Bertz CT molecular complexity index is 1620. The molecule has 4 aromatic rings. The highest BCUT2D eigenvalue weighted by molar-refractivity contribution is 8.00. The summed E-state index contributed by atoms with van der Waals surface area (Å²) in [7, 11) is 4.83. The van der Waals surface area contributed by atoms with E-state index in [2.05, 4.69) is 11.4 Å². The van der Waals surface area contributed by atoms with E-state index in [4.69, 9.17) is 19.3 Å². The summed E-state index contributed by atoms with van der Waals surface area (Å²) < 4.78 is 18.3. The Morgan fingerprint density at radius 1 is 1.02 bits per heavy atom. The fourth-order valence-electron chi connectivity index (χ4n) is 5.32. The van der Waals surface area contributed by atoms with Crippen molar-refractivity contribution in [2.45, 2.75) is 19.1 Å². The summed E-state index contributed by atoms with van der Waals surface area (Å²) in [6.07, 6.45) is 0. The Kier molecular flexibility index (Phi) is 9.37. The van der Waals surface area contributed by atoms with Crippen LogP contribution in [0.2, 0.25) is 0 Å². The molecule has 10 heteroatoms. The number of fused-ring (bicyclic) bond motifs is 1. The number of thioether (sulfide) groups is 1. The maximum absolute atomic E-state index is 14.0. The lowest BCUT2D eigenvalue weighted by atomic mass is 9.98. The van der Waals surface area contributed by atoms with Gasteiger partial charge in [0.05, 0.1) is 43.2 Å². The van der Waals surface area contributed by atoms with Crippen molar-refractivity contribution in [1.29, 1.82) is 0 Å². The van der Waals surface area contributed by atoms with E-state index in [-0.39, 0.29) is 29.4 Å². The molecule has 9 nitrogen and oxygen atoms in total. The monoisotopic (exact) mass is 600 g/mol. The van der Waals surface area contributed by atoms with Crippen molar-refractivity contribution in [3.63, 3.8) is 0 Å². The second-order valence-corrected chi connectivity index (χ2v) is 11.4. The van der Waals surface area contributed by atoms with Crippen LogP contribution in [0.5, 0.6) is 11.5 Å². The number of amides is 2. The first kappa shape index (κ1) is 30.2. The molecule has 224 valence electrons. The van der Waals surface area contributed by atoms with Crippen molar-refractivity contribution < 1.29 is 23.8 Å². The number of carbonyl (C=O) groups is 2. The van der Waals surface area contributed by atoms with E-state index in [1.807, 2.05) is 79.2 Å². The summed E-state index contributed by atoms with van der Waals surface area (Å²) >= 11 is 1.48. The second kappa shape index (κ2) is 13.4. The summed E-state index contributed by atoms with van der Waals surface area (Å²) in [5, 5.41) is 7.70. The minimum atomic E-state index is -0.361. The van der Waals surface area contributed by atoms with Crippen molar-refractivity contribution in [3.05, 3.63) is 89.0 Å². The number of aryl methyl sites for hydroxylation is 2. The first-order chi connectivity index (χ1) is 20.9. The van der Waals surface area contributed by atoms with Gasteiger partial charge in [0.25, 0.3) is 0 Å². The molecule has 0 radical (unpaired) electrons. The van der Waals surface area contributed by atoms with Crippen molar-refractivity contribution >= 4 is 29.4 Å². The zero-order valence-electron chi connectivity index (χ0n) is 25.0. The number of ether oxygens (including phenoxy) is 3. The lowest BCUT2D eigenvalue weighted by Gasteiger charge is -2.24. The van der Waals surface area contributed by atoms with Crippen molar-refractivity contribution in [1.82, 2.24) is 15.1 Å². The lowest BCUT2D eigenvalue weighted by molar-refractivity contribution is -0.123. The molecule has 2 amide bonds. The van der Waals surface area contributed by atoms with Crippen LogP contribution in [-0.4, -0.2) is 68.4 Å². The molecule has 0 unspecified atom stereocenters. The van der Waals surface area contributed by atoms with Crippen LogP contribution >= 0.6 is 11.8 Å². The van der Waals surface area contributed by atoms with Gasteiger partial charge >= 0.3 is 0 Å². The van der Waals surface area contributed by atoms with E-state index < -0.39 is 0 Å². The Hall–Kier alpha value is -4.28. The molecule has 1 aromatic heterocycles. The Morgan fingerprint density at radius 3 is 2.51 bits per heavy atom. The molecule has 0 bridgehead atoms. The van der Waals surface area contributed by atoms with Crippen LogP contribution in [0.15, 0.2) is 66.7 Å². The fraction of sp³-hybridized carbons (Fsp3) is 0.303. The number of carbonyl (C=O) groups excluding carboxylic acids is 2. The SMILES string of the molecule is COCCNC(=O)CN1C(=O)CS[C@H](c2cc(OC)ccc2OC)c2c(-c3ccccc3)nn(-c3ccc(C)cc3C)c21. The largest absolute Gasteiger partial charge is 0.497 e. The van der Waals surface area contributed by atoms with Gasteiger partial charge in [0.2, 0.25) is 11.8 Å². The molecule has 5 rings (SSSR count). The highest BCUT2D eigenvalue weighted by atomic mass is 32.2. The first-order valence-electron chi connectivity index (χ1n) is 14.0. The third-order valence-corrected chi connectivity index (χ3v) is 8.60. The Labute approximate surface area is 256 Å². The van der Waals surface area contributed by atoms with Crippen molar-refractivity contribution in [3.8, 4) is 28.4 Å². The van der Waals surface area contributed by atoms with Crippen LogP contribution in [0.4, 0.5) is 5.82 Å². The number of benzene rings is 3. The molecule has 0 fully saturated rings. The molecular formula is C33H36N4O5S. The van der Waals surface area contributed by atoms with Gasteiger partial charge in [-0.1, -0.05) is 48.0 Å². The van der Waals surface area contributed by atoms with Crippen LogP contribution in [0.1, 0.15) is 27.5 Å². The number of hydrogen-bond acceptors (Lipinski definition) is 7. The van der Waals surface area contributed by atoms with Crippen molar-refractivity contribution in [2.24, 2.45) is 0 Å². The maximum Gasteiger partial charge on any atom is 0.240 e. The fourth-order valence-corrected chi connectivity index (χ4v) is 6.53. The number of rotatable bonds is 10. The molecule has 0 aliphatic carbocycles. The number of methoxy groups -OCH3 is 3. The average Bonchev–Trinajstić information content (AvgIpc) is 3.33. The molecule has 0 saturated carbocycles. The second-order valence-electron chi connectivity index (χ2n) is 10.3. The summed E-state index contributed by atoms with van der Waals surface area (Å²) in [6.45, 7) is 4.61. The van der Waals surface area contributed by atoms with Gasteiger partial charge in [-0.05, 0) is 43.7 Å². The van der Waals surface area contributed by atoms with Gasteiger partial charge in [0.15, 0.2) is 0 Å². The highest BCUT2D eigenvalue weighted by Crippen LogP contribution is 2.51. The zero-order chi connectivity index (χ0) is 30.5. The first-order valence-corrected chi connectivity index (χ1v) is 15.1. The van der Waals surface area contributed by atoms with Gasteiger partial charge in [-0.15, -0.1) is 11.8 Å². The summed E-state index contributed by atoms with van der Waals surface area (Å²) in [6, 6.07) is 21.7. The summed E-state index contributed by atoms with van der Waals surface area (Å²) in [4.78, 5) is 28.7. The highest BCUT2D eigenvalue weighted by Gasteiger charge is 2.39. The van der Waals surface area contributed by atoms with Gasteiger partial charge in [0.1, 0.15) is 23.9 Å². The molecule has 0 spiro atoms. The number of anilines is 1. The molecule has 1 aliphatic rings. The minimum absolute atomic E-state index is 0.145. The van der Waals surface area contributed by atoms with E-state index in [9.17, 15) is 9.59 Å². The zero-order valence-corrected chi connectivity index (χ0v) is 25.9. The van der Waals surface area contributed by atoms with Crippen LogP contribution < -0.4 is 19.7 Å². The van der Waals surface area contributed by atoms with E-state index in [0.29, 0.717) is 30.5 Å². The number of nitrogens with one attached hydrogen (secondary N) is 1. The molecule has 0 saturated heterocycles. The standard InChI is InChI=1S/C33H36N4O5S/c1-21-11-13-26(22(2)17-21)37-33-30(31(35-37)23-9-7-6-8-10-23)32(25-18-24(41-4)12-14-27(25)42-5)43-20-29(39)36(33)19-28(38)34-15-16-40-3/h6-14,17-18,32H,15-16,19-20H2,1-5H3,(H,34,38)/t32-/m1/s1. The van der Waals surface area contributed by atoms with Crippen LogP contribution in [-0.2, 0) is 14.3 Å². The predicted octanol–water partition coefficient (Wildman–Crippen LogP) is 5.11. The van der Waals surface area contributed by atoms with Gasteiger partial charge in [0, 0.05) is 30.3 Å². The Morgan fingerprint density at radius 2 is 1.81 bits per heavy atom. The molecule has 43 heavy (non-hydrogen) atoms. The van der Waals surface area contributed by atoms with Crippen molar-refractivity contribution in [2.75, 3.05) is 51.7 Å². The van der Waals surface area contributed by atoms with Gasteiger partial charge in [-0.3, -0.25) is 14.5 Å². The Balaban J connectivity index is 1.81. The maximum atomic E-state index is 14.0. The summed E-state index contributed by atoms with van der Waals surface area (Å²) in [5.74, 6) is 1.56. The molecule has 3 aromatic carbocycles. The summed E-state index contributed by atoms with van der Waals surface area (Å²) in [5.41, 5.74) is 6.22. The number of aromatic nitrogens is 2. The van der Waals surface area contributed by atoms with Crippen LogP contribution in [0.3, 0.4) is 0 Å². The van der Waals surface area contributed by atoms with E-state index in [0.717, 1.165) is 39.2 Å². The third kappa shape index (κ3) is 6.25. The smallest absolute Gasteiger partial charge is 0.240 e. The topological polar surface area (TPSA) is 94.9 Å². The predicted molar refractivity (Wildman–Crippen MR) is 170 cm³/mol. The van der Waals surface area contributed by atoms with Gasteiger partial charge in [-0.25, -0.2) is 4.68 Å². The van der Waals surface area contributed by atoms with E-state index >= 15 is 0 Å². The van der Waals surface area contributed by atoms with Crippen LogP contribution in [0.25, 0.3) is 16.9 Å². The molecular weight excluding hydrogens is 564 g/mol. The molecule has 1 N–H and O–H groups in total. The van der Waals surface area contributed by atoms with E-state index in [1.54, 1.807) is 26.2 Å². The molecule has 1 atom stereocenters. The van der Waals surface area contributed by atoms with Crippen LogP contribution in [0, 0.1) is 13.8 Å². The van der Waals surface area contributed by atoms with Gasteiger partial charge < -0.3 is 19.5 Å². The minimum Gasteiger partial charge on any atom is -0.497 e. The van der Waals surface area contributed by atoms with Gasteiger partial charge in [-0.2, -0.15) is 5.10 Å². The lowest BCUT2D eigenvalue weighted by Crippen LogP contribution is -2.43.